The number of nitrogens with one attached hydrogen (secondary N) is 1. The molecule has 1 saturated carbocycles. The lowest BCUT2D eigenvalue weighted by Crippen LogP contribution is -2.53. The highest BCUT2D eigenvalue weighted by atomic mass is 127. The predicted molar refractivity (Wildman–Crippen MR) is 133 cm³/mol. The van der Waals surface area contributed by atoms with E-state index in [1.165, 1.54) is 18.4 Å². The summed E-state index contributed by atoms with van der Waals surface area (Å²) < 4.78 is 11.6. The zero-order valence-corrected chi connectivity index (χ0v) is 21.0. The molecule has 8 heteroatoms. The Bertz CT molecular complexity index is 787. The molecule has 31 heavy (non-hydrogen) atoms. The summed E-state index contributed by atoms with van der Waals surface area (Å²) in [5.41, 5.74) is 1.36. The average Bonchev–Trinajstić information content (AvgIpc) is 3.26. The number of fused-ring (bicyclic) bond motifs is 1. The zero-order chi connectivity index (χ0) is 21.0. The zero-order valence-electron chi connectivity index (χ0n) is 18.7. The van der Waals surface area contributed by atoms with Gasteiger partial charge in [-0.15, -0.1) is 24.0 Å². The molecule has 0 bridgehead atoms. The number of benzene rings is 1. The van der Waals surface area contributed by atoms with Crippen molar-refractivity contribution in [2.45, 2.75) is 44.9 Å². The Morgan fingerprint density at radius 3 is 2.35 bits per heavy atom. The van der Waals surface area contributed by atoms with Crippen LogP contribution in [0.3, 0.4) is 0 Å². The summed E-state index contributed by atoms with van der Waals surface area (Å²) in [7, 11) is 0. The number of hydrogen-bond donors (Lipinski definition) is 1. The molecule has 3 aliphatic rings. The van der Waals surface area contributed by atoms with Crippen molar-refractivity contribution in [2.24, 2.45) is 4.99 Å². The summed E-state index contributed by atoms with van der Waals surface area (Å²) in [5.74, 6) is 2.82. The Labute approximate surface area is 202 Å². The third-order valence-corrected chi connectivity index (χ3v) is 6.61. The van der Waals surface area contributed by atoms with E-state index in [1.54, 1.807) is 6.92 Å². The number of carbonyl (C=O) groups is 1. The second-order valence-corrected chi connectivity index (χ2v) is 8.51. The van der Waals surface area contributed by atoms with Crippen molar-refractivity contribution in [1.82, 2.24) is 15.1 Å². The van der Waals surface area contributed by atoms with Gasteiger partial charge >= 0.3 is 0 Å². The van der Waals surface area contributed by atoms with Crippen LogP contribution in [0.1, 0.15) is 45.1 Å². The number of halogens is 1. The highest BCUT2D eigenvalue weighted by Gasteiger charge is 2.37. The Hall–Kier alpha value is -1.71. The SMILES string of the molecule is CCNC(=NCC1(c2ccc3c(c2)OCCO3)CCCC1)N1CCN(C(C)=O)CC1.I. The number of piperazine rings is 1. The molecule has 2 aliphatic heterocycles. The van der Waals surface area contributed by atoms with Crippen LogP contribution in [0.2, 0.25) is 0 Å². The number of hydrogen-bond acceptors (Lipinski definition) is 4. The van der Waals surface area contributed by atoms with Crippen LogP contribution in [0.15, 0.2) is 23.2 Å². The van der Waals surface area contributed by atoms with Crippen LogP contribution in [0, 0.1) is 0 Å². The molecule has 0 unspecified atom stereocenters. The molecular formula is C23H35IN4O3. The first-order chi connectivity index (χ1) is 14.6. The van der Waals surface area contributed by atoms with Gasteiger partial charge in [-0.1, -0.05) is 18.9 Å². The first-order valence-corrected chi connectivity index (χ1v) is 11.3. The molecule has 1 saturated heterocycles. The van der Waals surface area contributed by atoms with E-state index in [0.29, 0.717) is 13.2 Å². The third-order valence-electron chi connectivity index (χ3n) is 6.61. The van der Waals surface area contributed by atoms with E-state index in [2.05, 4.69) is 35.3 Å². The monoisotopic (exact) mass is 542 g/mol. The van der Waals surface area contributed by atoms with Gasteiger partial charge in [0.25, 0.3) is 0 Å². The molecule has 1 aromatic rings. The van der Waals surface area contributed by atoms with Crippen LogP contribution in [-0.4, -0.2) is 74.1 Å². The second kappa shape index (κ2) is 10.7. The van der Waals surface area contributed by atoms with Crippen molar-refractivity contribution in [2.75, 3.05) is 52.5 Å². The van der Waals surface area contributed by atoms with Gasteiger partial charge in [0.05, 0.1) is 6.54 Å². The average molecular weight is 542 g/mol. The van der Waals surface area contributed by atoms with E-state index in [1.807, 2.05) is 4.90 Å². The van der Waals surface area contributed by atoms with Crippen molar-refractivity contribution in [3.8, 4) is 11.5 Å². The minimum Gasteiger partial charge on any atom is -0.486 e. The van der Waals surface area contributed by atoms with E-state index in [0.717, 1.165) is 69.6 Å². The molecule has 1 aromatic carbocycles. The number of ether oxygens (including phenoxy) is 2. The Morgan fingerprint density at radius 2 is 1.71 bits per heavy atom. The molecule has 0 aromatic heterocycles. The fourth-order valence-electron chi connectivity index (χ4n) is 4.85. The van der Waals surface area contributed by atoms with Gasteiger partial charge in [0.2, 0.25) is 5.91 Å². The molecule has 0 spiro atoms. The number of guanidine groups is 1. The maximum absolute atomic E-state index is 11.6. The summed E-state index contributed by atoms with van der Waals surface area (Å²) in [6.45, 7) is 9.73. The van der Waals surface area contributed by atoms with Crippen LogP contribution in [0.5, 0.6) is 11.5 Å². The topological polar surface area (TPSA) is 66.4 Å². The highest BCUT2D eigenvalue weighted by molar-refractivity contribution is 14.0. The lowest BCUT2D eigenvalue weighted by molar-refractivity contribution is -0.130. The molecule has 1 amide bonds. The smallest absolute Gasteiger partial charge is 0.219 e. The molecule has 2 heterocycles. The minimum atomic E-state index is 0. The number of aliphatic imine (C=N–C) groups is 1. The highest BCUT2D eigenvalue weighted by Crippen LogP contribution is 2.44. The van der Waals surface area contributed by atoms with E-state index >= 15 is 0 Å². The van der Waals surface area contributed by atoms with Crippen LogP contribution >= 0.6 is 24.0 Å². The van der Waals surface area contributed by atoms with Crippen LogP contribution in [-0.2, 0) is 10.2 Å². The van der Waals surface area contributed by atoms with E-state index in [-0.39, 0.29) is 35.3 Å². The van der Waals surface area contributed by atoms with Gasteiger partial charge in [-0.05, 0) is 37.5 Å². The molecule has 7 nitrogen and oxygen atoms in total. The molecule has 4 rings (SSSR count). The van der Waals surface area contributed by atoms with Crippen LogP contribution in [0.25, 0.3) is 0 Å². The minimum absolute atomic E-state index is 0. The molecule has 0 atom stereocenters. The normalized spacial score (nSPS) is 20.3. The Kier molecular flexibility index (Phi) is 8.30. The lowest BCUT2D eigenvalue weighted by Gasteiger charge is -2.37. The molecule has 1 aliphatic carbocycles. The summed E-state index contributed by atoms with van der Waals surface area (Å²) >= 11 is 0. The maximum atomic E-state index is 11.6. The van der Waals surface area contributed by atoms with Crippen molar-refractivity contribution >= 4 is 35.8 Å². The van der Waals surface area contributed by atoms with E-state index < -0.39 is 0 Å². The number of carbonyl (C=O) groups excluding carboxylic acids is 1. The van der Waals surface area contributed by atoms with Gasteiger partial charge in [0, 0.05) is 45.1 Å². The van der Waals surface area contributed by atoms with Gasteiger partial charge in [0.15, 0.2) is 17.5 Å². The lowest BCUT2D eigenvalue weighted by atomic mass is 9.79. The largest absolute Gasteiger partial charge is 0.486 e. The molecule has 2 fully saturated rings. The number of rotatable bonds is 4. The fraction of sp³-hybridized carbons (Fsp3) is 0.652. The van der Waals surface area contributed by atoms with Crippen LogP contribution < -0.4 is 14.8 Å². The van der Waals surface area contributed by atoms with Crippen molar-refractivity contribution in [1.29, 1.82) is 0 Å². The van der Waals surface area contributed by atoms with Crippen molar-refractivity contribution in [3.63, 3.8) is 0 Å². The van der Waals surface area contributed by atoms with Gasteiger partial charge < -0.3 is 24.6 Å². The van der Waals surface area contributed by atoms with Gasteiger partial charge in [-0.3, -0.25) is 9.79 Å². The first-order valence-electron chi connectivity index (χ1n) is 11.3. The van der Waals surface area contributed by atoms with Gasteiger partial charge in [-0.25, -0.2) is 0 Å². The maximum Gasteiger partial charge on any atom is 0.219 e. The van der Waals surface area contributed by atoms with E-state index in [9.17, 15) is 4.79 Å². The molecule has 172 valence electrons. The standard InChI is InChI=1S/C23H34N4O3.HI/c1-3-24-22(27-12-10-26(11-13-27)18(2)28)25-17-23(8-4-5-9-23)19-6-7-20-21(16-19)30-15-14-29-20;/h6-7,16H,3-5,8-15,17H2,1-2H3,(H,24,25);1H. The Morgan fingerprint density at radius 1 is 1.06 bits per heavy atom. The van der Waals surface area contributed by atoms with Crippen molar-refractivity contribution < 1.29 is 14.3 Å². The quantitative estimate of drug-likeness (QED) is 0.360. The van der Waals surface area contributed by atoms with Crippen LogP contribution in [0.4, 0.5) is 0 Å². The fourth-order valence-corrected chi connectivity index (χ4v) is 4.85. The second-order valence-electron chi connectivity index (χ2n) is 8.51. The van der Waals surface area contributed by atoms with Crippen molar-refractivity contribution in [3.05, 3.63) is 23.8 Å². The van der Waals surface area contributed by atoms with Gasteiger partial charge in [0.1, 0.15) is 13.2 Å². The third kappa shape index (κ3) is 5.38. The first kappa shape index (κ1) is 23.9. The number of nitrogens with zero attached hydrogens (tertiary/aromatic N) is 3. The summed E-state index contributed by atoms with van der Waals surface area (Å²) in [6.07, 6.45) is 4.76. The summed E-state index contributed by atoms with van der Waals surface area (Å²) in [6, 6.07) is 6.43. The molecule has 0 radical (unpaired) electrons. The molecule has 1 N–H and O–H groups in total. The van der Waals surface area contributed by atoms with E-state index in [4.69, 9.17) is 14.5 Å². The Balaban J connectivity index is 0.00000272. The predicted octanol–water partition coefficient (Wildman–Crippen LogP) is 3.02. The number of amides is 1. The van der Waals surface area contributed by atoms with Gasteiger partial charge in [-0.2, -0.15) is 0 Å². The summed E-state index contributed by atoms with van der Waals surface area (Å²) in [5, 5.41) is 3.47. The summed E-state index contributed by atoms with van der Waals surface area (Å²) in [4.78, 5) is 20.9. The molecular weight excluding hydrogens is 507 g/mol.